The Bertz CT molecular complexity index is 608. The maximum absolute atomic E-state index is 8.83. The Morgan fingerprint density at radius 1 is 1.53 bits per heavy atom. The van der Waals surface area contributed by atoms with E-state index in [2.05, 4.69) is 30.3 Å². The van der Waals surface area contributed by atoms with E-state index >= 15 is 0 Å². The first kappa shape index (κ1) is 12.2. The number of fused-ring (bicyclic) bond motifs is 1. The molecular weight excluding hydrogens is 250 g/mol. The summed E-state index contributed by atoms with van der Waals surface area (Å²) < 4.78 is 1.10. The lowest BCUT2D eigenvalue weighted by molar-refractivity contribution is 0.869. The number of hydrogen-bond donors (Lipinski definition) is 1. The average molecular weight is 263 g/mol. The highest BCUT2D eigenvalue weighted by Crippen LogP contribution is 2.38. The second-order valence-corrected chi connectivity index (χ2v) is 6.02. The van der Waals surface area contributed by atoms with Gasteiger partial charge in [0.25, 0.3) is 0 Å². The molecule has 2 aromatic rings. The maximum atomic E-state index is 8.83. The second kappa shape index (κ2) is 4.55. The molecule has 0 amide bonds. The zero-order chi connectivity index (χ0) is 12.6. The summed E-state index contributed by atoms with van der Waals surface area (Å²) in [5.74, 6) is 0.373. The number of nitrogens with zero attached hydrogens (tertiary/aromatic N) is 2. The smallest absolute Gasteiger partial charge is 0.181 e. The van der Waals surface area contributed by atoms with Crippen LogP contribution in [0.4, 0.5) is 5.13 Å². The summed E-state index contributed by atoms with van der Waals surface area (Å²) in [6.07, 6.45) is 0. The Kier molecular flexibility index (Phi) is 3.27. The van der Waals surface area contributed by atoms with Gasteiger partial charge in [-0.25, -0.2) is 4.98 Å². The SMILES string of the molecule is Cc1c(SC#N)cc(C(C)C)c2nc(N)sc12. The zero-order valence-electron chi connectivity index (χ0n) is 9.94. The van der Waals surface area contributed by atoms with Crippen LogP contribution in [0.15, 0.2) is 11.0 Å². The number of aryl methyl sites for hydroxylation is 1. The fraction of sp³-hybridized carbons (Fsp3) is 0.333. The number of hydrogen-bond acceptors (Lipinski definition) is 5. The predicted octanol–water partition coefficient (Wildman–Crippen LogP) is 3.88. The summed E-state index contributed by atoms with van der Waals surface area (Å²) in [6, 6.07) is 2.06. The molecule has 1 heterocycles. The van der Waals surface area contributed by atoms with E-state index in [1.807, 2.05) is 6.92 Å². The van der Waals surface area contributed by atoms with Crippen LogP contribution in [0.25, 0.3) is 10.2 Å². The third-order valence-corrected chi connectivity index (χ3v) is 4.43. The minimum absolute atomic E-state index is 0.373. The summed E-state index contributed by atoms with van der Waals surface area (Å²) in [7, 11) is 0. The van der Waals surface area contributed by atoms with Crippen molar-refractivity contribution in [2.24, 2.45) is 0 Å². The number of nitrogens with two attached hydrogens (primary N) is 1. The van der Waals surface area contributed by atoms with E-state index in [1.165, 1.54) is 23.1 Å². The molecule has 2 N–H and O–H groups in total. The molecule has 1 aromatic heterocycles. The minimum Gasteiger partial charge on any atom is -0.375 e. The molecule has 0 aliphatic heterocycles. The van der Waals surface area contributed by atoms with Gasteiger partial charge in [-0.15, -0.1) is 0 Å². The lowest BCUT2D eigenvalue weighted by Crippen LogP contribution is -1.93. The summed E-state index contributed by atoms with van der Waals surface area (Å²) in [6.45, 7) is 6.27. The van der Waals surface area contributed by atoms with Crippen molar-refractivity contribution in [1.82, 2.24) is 4.98 Å². The summed E-state index contributed by atoms with van der Waals surface area (Å²) >= 11 is 2.70. The van der Waals surface area contributed by atoms with E-state index in [0.29, 0.717) is 11.0 Å². The van der Waals surface area contributed by atoms with Crippen LogP contribution in [0.2, 0.25) is 0 Å². The van der Waals surface area contributed by atoms with E-state index in [-0.39, 0.29) is 0 Å². The third kappa shape index (κ3) is 2.11. The van der Waals surface area contributed by atoms with E-state index in [1.54, 1.807) is 0 Å². The van der Waals surface area contributed by atoms with Crippen molar-refractivity contribution in [3.05, 3.63) is 17.2 Å². The van der Waals surface area contributed by atoms with Crippen molar-refractivity contribution in [3.8, 4) is 5.40 Å². The van der Waals surface area contributed by atoms with Crippen LogP contribution in [-0.4, -0.2) is 4.98 Å². The van der Waals surface area contributed by atoms with Crippen molar-refractivity contribution in [3.63, 3.8) is 0 Å². The minimum atomic E-state index is 0.373. The number of aromatic nitrogens is 1. The number of rotatable bonds is 2. The predicted molar refractivity (Wildman–Crippen MR) is 74.3 cm³/mol. The lowest BCUT2D eigenvalue weighted by Gasteiger charge is -2.10. The average Bonchev–Trinajstić information content (AvgIpc) is 2.64. The second-order valence-electron chi connectivity index (χ2n) is 4.17. The number of benzene rings is 1. The molecule has 17 heavy (non-hydrogen) atoms. The first-order valence-electron chi connectivity index (χ1n) is 5.30. The first-order chi connectivity index (χ1) is 8.04. The van der Waals surface area contributed by atoms with Crippen LogP contribution in [0, 0.1) is 17.6 Å². The fourth-order valence-corrected chi connectivity index (χ4v) is 3.28. The highest BCUT2D eigenvalue weighted by Gasteiger charge is 2.15. The Morgan fingerprint density at radius 2 is 2.24 bits per heavy atom. The molecule has 0 fully saturated rings. The maximum Gasteiger partial charge on any atom is 0.181 e. The lowest BCUT2D eigenvalue weighted by atomic mass is 10.0. The van der Waals surface area contributed by atoms with Crippen LogP contribution in [-0.2, 0) is 0 Å². The van der Waals surface area contributed by atoms with Gasteiger partial charge in [0, 0.05) is 4.90 Å². The van der Waals surface area contributed by atoms with Crippen LogP contribution in [0.3, 0.4) is 0 Å². The van der Waals surface area contributed by atoms with E-state index in [4.69, 9.17) is 11.0 Å². The van der Waals surface area contributed by atoms with Crippen molar-refractivity contribution >= 4 is 38.4 Å². The molecule has 1 aromatic carbocycles. The number of thiocyanates is 1. The molecule has 0 radical (unpaired) electrons. The number of thiazole rings is 1. The Morgan fingerprint density at radius 3 is 2.82 bits per heavy atom. The molecule has 0 aliphatic carbocycles. The highest BCUT2D eigenvalue weighted by molar-refractivity contribution is 8.03. The molecule has 0 unspecified atom stereocenters. The topological polar surface area (TPSA) is 62.7 Å². The molecule has 2 rings (SSSR count). The normalized spacial score (nSPS) is 11.0. The monoisotopic (exact) mass is 263 g/mol. The van der Waals surface area contributed by atoms with E-state index in [9.17, 15) is 0 Å². The number of anilines is 1. The van der Waals surface area contributed by atoms with Crippen molar-refractivity contribution in [1.29, 1.82) is 5.26 Å². The first-order valence-corrected chi connectivity index (χ1v) is 6.93. The number of thioether (sulfide) groups is 1. The summed E-state index contributed by atoms with van der Waals surface area (Å²) in [4.78, 5) is 5.41. The summed E-state index contributed by atoms with van der Waals surface area (Å²) in [5, 5.41) is 11.5. The highest BCUT2D eigenvalue weighted by atomic mass is 32.2. The van der Waals surface area contributed by atoms with Crippen LogP contribution >= 0.6 is 23.1 Å². The third-order valence-electron chi connectivity index (χ3n) is 2.69. The molecular formula is C12H13N3S2. The Balaban J connectivity index is 2.80. The van der Waals surface area contributed by atoms with E-state index in [0.717, 1.165) is 26.2 Å². The molecule has 0 bridgehead atoms. The van der Waals surface area contributed by atoms with E-state index < -0.39 is 0 Å². The van der Waals surface area contributed by atoms with Crippen molar-refractivity contribution < 1.29 is 0 Å². The van der Waals surface area contributed by atoms with Gasteiger partial charge in [-0.2, -0.15) is 5.26 Å². The summed E-state index contributed by atoms with van der Waals surface area (Å²) in [5.41, 5.74) is 9.04. The molecule has 3 nitrogen and oxygen atoms in total. The Hall–Kier alpha value is -1.25. The van der Waals surface area contributed by atoms with Gasteiger partial charge in [0.2, 0.25) is 0 Å². The van der Waals surface area contributed by atoms with Gasteiger partial charge in [0.1, 0.15) is 5.40 Å². The number of nitriles is 1. The zero-order valence-corrected chi connectivity index (χ0v) is 11.6. The number of nitrogen functional groups attached to an aromatic ring is 1. The van der Waals surface area contributed by atoms with Gasteiger partial charge in [0.15, 0.2) is 5.13 Å². The van der Waals surface area contributed by atoms with Crippen LogP contribution in [0.5, 0.6) is 0 Å². The van der Waals surface area contributed by atoms with Gasteiger partial charge in [-0.1, -0.05) is 25.2 Å². The molecule has 88 valence electrons. The van der Waals surface area contributed by atoms with Gasteiger partial charge >= 0.3 is 0 Å². The van der Waals surface area contributed by atoms with Gasteiger partial charge in [-0.3, -0.25) is 0 Å². The molecule has 5 heteroatoms. The van der Waals surface area contributed by atoms with Crippen LogP contribution in [0.1, 0.15) is 30.9 Å². The standard InChI is InChI=1S/C12H13N3S2/c1-6(2)8-4-9(16-5-13)7(3)11-10(8)15-12(14)17-11/h4,6H,1-3H3,(H2,14,15). The quantitative estimate of drug-likeness (QED) is 0.659. The molecule has 0 aliphatic rings. The molecule has 0 saturated heterocycles. The molecule has 0 atom stereocenters. The van der Waals surface area contributed by atoms with Gasteiger partial charge < -0.3 is 5.73 Å². The Labute approximate surface area is 109 Å². The molecule has 0 spiro atoms. The largest absolute Gasteiger partial charge is 0.375 e. The van der Waals surface area contributed by atoms with Gasteiger partial charge in [-0.05, 0) is 41.8 Å². The van der Waals surface area contributed by atoms with Crippen molar-refractivity contribution in [2.75, 3.05) is 5.73 Å². The van der Waals surface area contributed by atoms with Gasteiger partial charge in [0.05, 0.1) is 10.2 Å². The van der Waals surface area contributed by atoms with Crippen molar-refractivity contribution in [2.45, 2.75) is 31.6 Å². The fourth-order valence-electron chi connectivity index (χ4n) is 1.81. The molecule has 0 saturated carbocycles. The van der Waals surface area contributed by atoms with Crippen LogP contribution < -0.4 is 5.73 Å².